The lowest BCUT2D eigenvalue weighted by atomic mass is 10.1. The van der Waals surface area contributed by atoms with Gasteiger partial charge in [-0.25, -0.2) is 12.7 Å². The van der Waals surface area contributed by atoms with E-state index in [1.54, 1.807) is 0 Å². The maximum absolute atomic E-state index is 11.6. The number of anilines is 1. The molecule has 0 radical (unpaired) electrons. The number of fused-ring (bicyclic) bond motifs is 1. The SMILES string of the molecule is CN(C)S(=O)(=O)CCN=C(N)Nc1ccc2c(c1)CCC2.I. The van der Waals surface area contributed by atoms with Crippen molar-refractivity contribution in [1.29, 1.82) is 0 Å². The Morgan fingerprint density at radius 3 is 2.68 bits per heavy atom. The summed E-state index contributed by atoms with van der Waals surface area (Å²) in [6.45, 7) is 0.143. The van der Waals surface area contributed by atoms with Gasteiger partial charge in [-0.1, -0.05) is 6.07 Å². The Morgan fingerprint density at radius 2 is 2.00 bits per heavy atom. The van der Waals surface area contributed by atoms with E-state index >= 15 is 0 Å². The average molecular weight is 438 g/mol. The molecule has 0 saturated heterocycles. The highest BCUT2D eigenvalue weighted by Gasteiger charge is 2.13. The van der Waals surface area contributed by atoms with Gasteiger partial charge in [0.2, 0.25) is 10.0 Å². The van der Waals surface area contributed by atoms with Crippen molar-refractivity contribution >= 4 is 45.6 Å². The minimum absolute atomic E-state index is 0. The fraction of sp³-hybridized carbons (Fsp3) is 0.500. The molecular formula is C14H23IN4O2S. The first-order valence-electron chi connectivity index (χ1n) is 6.97. The number of halogens is 1. The van der Waals surface area contributed by atoms with Gasteiger partial charge in [0.15, 0.2) is 5.96 Å². The first-order valence-corrected chi connectivity index (χ1v) is 8.58. The van der Waals surface area contributed by atoms with Crippen molar-refractivity contribution in [2.75, 3.05) is 31.7 Å². The molecule has 0 atom stereocenters. The Kier molecular flexibility index (Phi) is 7.07. The lowest BCUT2D eigenvalue weighted by Gasteiger charge is -2.10. The molecule has 0 saturated carbocycles. The molecule has 0 spiro atoms. The van der Waals surface area contributed by atoms with Crippen molar-refractivity contribution in [2.45, 2.75) is 19.3 Å². The molecule has 2 rings (SSSR count). The smallest absolute Gasteiger partial charge is 0.215 e. The second-order valence-corrected chi connectivity index (χ2v) is 7.63. The van der Waals surface area contributed by atoms with Crippen LogP contribution < -0.4 is 11.1 Å². The van der Waals surface area contributed by atoms with E-state index in [-0.39, 0.29) is 42.2 Å². The monoisotopic (exact) mass is 438 g/mol. The molecule has 1 aromatic rings. The molecule has 0 amide bonds. The molecule has 8 heteroatoms. The van der Waals surface area contributed by atoms with E-state index in [0.717, 1.165) is 18.5 Å². The number of aliphatic imine (C=N–C) groups is 1. The van der Waals surface area contributed by atoms with Crippen LogP contribution in [0.3, 0.4) is 0 Å². The van der Waals surface area contributed by atoms with Gasteiger partial charge in [-0.15, -0.1) is 24.0 Å². The second kappa shape index (κ2) is 8.11. The van der Waals surface area contributed by atoms with E-state index in [1.807, 2.05) is 6.07 Å². The highest BCUT2D eigenvalue weighted by molar-refractivity contribution is 14.0. The lowest BCUT2D eigenvalue weighted by Crippen LogP contribution is -2.28. The summed E-state index contributed by atoms with van der Waals surface area (Å²) < 4.78 is 24.4. The molecule has 1 aliphatic rings. The van der Waals surface area contributed by atoms with Gasteiger partial charge in [-0.2, -0.15) is 0 Å². The minimum atomic E-state index is -3.23. The Morgan fingerprint density at radius 1 is 1.32 bits per heavy atom. The van der Waals surface area contributed by atoms with E-state index in [9.17, 15) is 8.42 Å². The molecule has 1 aromatic carbocycles. The zero-order chi connectivity index (χ0) is 15.5. The number of nitrogens with two attached hydrogens (primary N) is 1. The topological polar surface area (TPSA) is 87.8 Å². The summed E-state index contributed by atoms with van der Waals surface area (Å²) in [5, 5.41) is 3.01. The number of hydrogen-bond acceptors (Lipinski definition) is 3. The van der Waals surface area contributed by atoms with E-state index in [1.165, 1.54) is 35.9 Å². The third-order valence-corrected chi connectivity index (χ3v) is 5.37. The molecule has 22 heavy (non-hydrogen) atoms. The van der Waals surface area contributed by atoms with Crippen LogP contribution in [0.2, 0.25) is 0 Å². The van der Waals surface area contributed by atoms with E-state index in [2.05, 4.69) is 22.4 Å². The number of hydrogen-bond donors (Lipinski definition) is 2. The number of sulfonamides is 1. The van der Waals surface area contributed by atoms with Crippen LogP contribution in [0.5, 0.6) is 0 Å². The number of aryl methyl sites for hydroxylation is 2. The number of nitrogens with zero attached hydrogens (tertiary/aromatic N) is 2. The van der Waals surface area contributed by atoms with Crippen LogP contribution in [0, 0.1) is 0 Å². The third kappa shape index (κ3) is 5.10. The predicted octanol–water partition coefficient (Wildman–Crippen LogP) is 1.41. The van der Waals surface area contributed by atoms with Crippen LogP contribution in [0.4, 0.5) is 5.69 Å². The van der Waals surface area contributed by atoms with E-state index < -0.39 is 10.0 Å². The molecule has 0 bridgehead atoms. The average Bonchev–Trinajstić information content (AvgIpc) is 2.85. The van der Waals surface area contributed by atoms with Gasteiger partial charge < -0.3 is 11.1 Å². The minimum Gasteiger partial charge on any atom is -0.370 e. The molecule has 0 fully saturated rings. The Balaban J connectivity index is 0.00000242. The molecule has 6 nitrogen and oxygen atoms in total. The zero-order valence-electron chi connectivity index (χ0n) is 12.9. The van der Waals surface area contributed by atoms with Crippen molar-refractivity contribution in [3.05, 3.63) is 29.3 Å². The van der Waals surface area contributed by atoms with Gasteiger partial charge in [0.05, 0.1) is 12.3 Å². The largest absolute Gasteiger partial charge is 0.370 e. The predicted molar refractivity (Wildman–Crippen MR) is 101 cm³/mol. The maximum Gasteiger partial charge on any atom is 0.215 e. The number of benzene rings is 1. The first-order chi connectivity index (χ1) is 9.88. The van der Waals surface area contributed by atoms with Gasteiger partial charge in [0.25, 0.3) is 0 Å². The van der Waals surface area contributed by atoms with Gasteiger partial charge in [0.1, 0.15) is 0 Å². The molecule has 0 unspecified atom stereocenters. The molecule has 0 heterocycles. The number of rotatable bonds is 5. The van der Waals surface area contributed by atoms with Gasteiger partial charge >= 0.3 is 0 Å². The van der Waals surface area contributed by atoms with Crippen molar-refractivity contribution in [3.63, 3.8) is 0 Å². The van der Waals surface area contributed by atoms with Crippen molar-refractivity contribution in [2.24, 2.45) is 10.7 Å². The molecule has 124 valence electrons. The van der Waals surface area contributed by atoms with Crippen LogP contribution >= 0.6 is 24.0 Å². The van der Waals surface area contributed by atoms with E-state index in [0.29, 0.717) is 0 Å². The molecule has 1 aliphatic carbocycles. The normalized spacial score (nSPS) is 14.6. The van der Waals surface area contributed by atoms with Crippen LogP contribution in [0.1, 0.15) is 17.5 Å². The summed E-state index contributed by atoms with van der Waals surface area (Å²) in [5.74, 6) is 0.189. The molecule has 0 aliphatic heterocycles. The summed E-state index contributed by atoms with van der Waals surface area (Å²) in [5.41, 5.74) is 9.43. The summed E-state index contributed by atoms with van der Waals surface area (Å²) in [4.78, 5) is 4.06. The van der Waals surface area contributed by atoms with Crippen LogP contribution in [-0.4, -0.2) is 45.1 Å². The number of nitrogens with one attached hydrogen (secondary N) is 1. The van der Waals surface area contributed by atoms with Crippen LogP contribution in [0.25, 0.3) is 0 Å². The fourth-order valence-electron chi connectivity index (χ4n) is 2.30. The third-order valence-electron chi connectivity index (χ3n) is 3.56. The summed E-state index contributed by atoms with van der Waals surface area (Å²) in [6, 6.07) is 6.17. The van der Waals surface area contributed by atoms with Crippen molar-refractivity contribution < 1.29 is 8.42 Å². The highest BCUT2D eigenvalue weighted by atomic mass is 127. The van der Waals surface area contributed by atoms with E-state index in [4.69, 9.17) is 5.73 Å². The Hall–Kier alpha value is -0.870. The Labute approximate surface area is 149 Å². The highest BCUT2D eigenvalue weighted by Crippen LogP contribution is 2.24. The van der Waals surface area contributed by atoms with Crippen molar-refractivity contribution in [1.82, 2.24) is 4.31 Å². The summed E-state index contributed by atoms with van der Waals surface area (Å²) in [7, 11) is -0.222. The quantitative estimate of drug-likeness (QED) is 0.414. The molecular weight excluding hydrogens is 415 g/mol. The standard InChI is InChI=1S/C14H22N4O2S.HI/c1-18(2)21(19,20)9-8-16-14(15)17-13-7-6-11-4-3-5-12(11)10-13;/h6-7,10H,3-5,8-9H2,1-2H3,(H3,15,16,17);1H. The first kappa shape index (κ1) is 19.2. The second-order valence-electron chi connectivity index (χ2n) is 5.33. The van der Waals surface area contributed by atoms with Crippen LogP contribution in [-0.2, 0) is 22.9 Å². The van der Waals surface area contributed by atoms with Gasteiger partial charge in [-0.05, 0) is 42.5 Å². The van der Waals surface area contributed by atoms with Crippen LogP contribution in [0.15, 0.2) is 23.2 Å². The van der Waals surface area contributed by atoms with Gasteiger partial charge in [-0.3, -0.25) is 4.99 Å². The van der Waals surface area contributed by atoms with Gasteiger partial charge in [0, 0.05) is 19.8 Å². The Bertz CT molecular complexity index is 644. The molecule has 0 aromatic heterocycles. The zero-order valence-corrected chi connectivity index (χ0v) is 16.0. The van der Waals surface area contributed by atoms with Crippen molar-refractivity contribution in [3.8, 4) is 0 Å². The molecule has 3 N–H and O–H groups in total. The fourth-order valence-corrected chi connectivity index (χ4v) is 2.99. The summed E-state index contributed by atoms with van der Waals surface area (Å²) in [6.07, 6.45) is 3.44. The summed E-state index contributed by atoms with van der Waals surface area (Å²) >= 11 is 0. The maximum atomic E-state index is 11.6. The number of guanidine groups is 1. The lowest BCUT2D eigenvalue weighted by molar-refractivity contribution is 0.521.